The van der Waals surface area contributed by atoms with E-state index in [0.717, 1.165) is 25.8 Å². The zero-order chi connectivity index (χ0) is 13.3. The van der Waals surface area contributed by atoms with E-state index in [4.69, 9.17) is 11.5 Å². The normalized spacial score (nSPS) is 14.6. The molecule has 0 atom stereocenters. The first-order valence-corrected chi connectivity index (χ1v) is 6.20. The molecule has 0 aromatic heterocycles. The molecule has 0 saturated heterocycles. The molecule has 0 bridgehead atoms. The van der Waals surface area contributed by atoms with E-state index in [0.29, 0.717) is 11.7 Å². The lowest BCUT2D eigenvalue weighted by atomic mass is 10.1. The van der Waals surface area contributed by atoms with Crippen molar-refractivity contribution in [3.63, 3.8) is 0 Å². The summed E-state index contributed by atoms with van der Waals surface area (Å²) in [5.41, 5.74) is 11.6. The average molecular weight is 251 g/mol. The van der Waals surface area contributed by atoms with E-state index in [1.165, 1.54) is 12.1 Å². The second-order valence-corrected chi connectivity index (χ2v) is 4.68. The topological polar surface area (TPSA) is 72.3 Å². The molecule has 4 nitrogen and oxygen atoms in total. The first kappa shape index (κ1) is 12.7. The molecule has 5 heteroatoms. The van der Waals surface area contributed by atoms with Crippen LogP contribution in [-0.2, 0) is 0 Å². The fourth-order valence-electron chi connectivity index (χ4n) is 2.14. The molecule has 0 aliphatic heterocycles. The number of carbonyl (C=O) groups is 1. The molecule has 18 heavy (non-hydrogen) atoms. The van der Waals surface area contributed by atoms with Crippen LogP contribution in [0.25, 0.3) is 0 Å². The summed E-state index contributed by atoms with van der Waals surface area (Å²) >= 11 is 0. The molecule has 1 aliphatic carbocycles. The molecule has 98 valence electrons. The summed E-state index contributed by atoms with van der Waals surface area (Å²) in [6, 6.07) is 3.03. The lowest BCUT2D eigenvalue weighted by Crippen LogP contribution is -2.28. The molecule has 1 saturated carbocycles. The summed E-state index contributed by atoms with van der Waals surface area (Å²) in [6.07, 6.45) is 3.05. The molecule has 0 spiro atoms. The van der Waals surface area contributed by atoms with Crippen LogP contribution in [0.3, 0.4) is 0 Å². The van der Waals surface area contributed by atoms with E-state index >= 15 is 0 Å². The second kappa shape index (κ2) is 4.84. The summed E-state index contributed by atoms with van der Waals surface area (Å²) < 4.78 is 14.0. The van der Waals surface area contributed by atoms with Crippen LogP contribution in [0.5, 0.6) is 0 Å². The van der Waals surface area contributed by atoms with Gasteiger partial charge in [-0.2, -0.15) is 0 Å². The number of nitrogen functional groups attached to an aromatic ring is 1. The Morgan fingerprint density at radius 3 is 2.67 bits per heavy atom. The minimum atomic E-state index is -0.624. The second-order valence-electron chi connectivity index (χ2n) is 4.68. The largest absolute Gasteiger partial charge is 0.398 e. The summed E-state index contributed by atoms with van der Waals surface area (Å²) in [4.78, 5) is 13.3. The zero-order valence-electron chi connectivity index (χ0n) is 10.4. The molecule has 0 unspecified atom stereocenters. The van der Waals surface area contributed by atoms with E-state index in [1.807, 2.05) is 11.8 Å². The number of halogens is 1. The van der Waals surface area contributed by atoms with E-state index in [1.54, 1.807) is 0 Å². The predicted octanol–water partition coefficient (Wildman–Crippen LogP) is 1.89. The number of amides is 1. The van der Waals surface area contributed by atoms with Crippen molar-refractivity contribution in [2.24, 2.45) is 5.73 Å². The maximum Gasteiger partial charge on any atom is 0.250 e. The van der Waals surface area contributed by atoms with Crippen molar-refractivity contribution < 1.29 is 9.18 Å². The molecule has 0 heterocycles. The number of hydrogen-bond acceptors (Lipinski definition) is 3. The molecule has 1 amide bonds. The van der Waals surface area contributed by atoms with Gasteiger partial charge in [0.25, 0.3) is 5.91 Å². The Labute approximate surface area is 106 Å². The Hall–Kier alpha value is -1.78. The minimum Gasteiger partial charge on any atom is -0.398 e. The molecule has 1 fully saturated rings. The van der Waals surface area contributed by atoms with Crippen molar-refractivity contribution in [1.82, 2.24) is 0 Å². The van der Waals surface area contributed by atoms with Gasteiger partial charge in [0.2, 0.25) is 0 Å². The summed E-state index contributed by atoms with van der Waals surface area (Å²) in [7, 11) is 0. The number of rotatable bonds is 5. The Kier molecular flexibility index (Phi) is 3.41. The number of anilines is 2. The summed E-state index contributed by atoms with van der Waals surface area (Å²) in [5, 5.41) is 0. The van der Waals surface area contributed by atoms with Crippen molar-refractivity contribution in [2.45, 2.75) is 32.2 Å². The van der Waals surface area contributed by atoms with Crippen LogP contribution < -0.4 is 16.4 Å². The SMILES string of the molecule is CCCN(c1cc(C(N)=O)c(N)cc1F)C1CC1. The van der Waals surface area contributed by atoms with E-state index < -0.39 is 11.7 Å². The van der Waals surface area contributed by atoms with Crippen molar-refractivity contribution in [3.8, 4) is 0 Å². The van der Waals surface area contributed by atoms with Crippen LogP contribution in [0, 0.1) is 5.82 Å². The van der Waals surface area contributed by atoms with Crippen LogP contribution in [0.15, 0.2) is 12.1 Å². The monoisotopic (exact) mass is 251 g/mol. The Morgan fingerprint density at radius 1 is 1.50 bits per heavy atom. The third-order valence-corrected chi connectivity index (χ3v) is 3.15. The highest BCUT2D eigenvalue weighted by Gasteiger charge is 2.30. The molecule has 1 aromatic carbocycles. The van der Waals surface area contributed by atoms with Crippen LogP contribution >= 0.6 is 0 Å². The van der Waals surface area contributed by atoms with Crippen LogP contribution in [-0.4, -0.2) is 18.5 Å². The van der Waals surface area contributed by atoms with Crippen molar-refractivity contribution >= 4 is 17.3 Å². The highest BCUT2D eigenvalue weighted by Crippen LogP contribution is 2.34. The van der Waals surface area contributed by atoms with Gasteiger partial charge in [-0.25, -0.2) is 4.39 Å². The maximum atomic E-state index is 14.0. The zero-order valence-corrected chi connectivity index (χ0v) is 10.4. The minimum absolute atomic E-state index is 0.0935. The van der Waals surface area contributed by atoms with Gasteiger partial charge in [0, 0.05) is 18.3 Å². The molecular weight excluding hydrogens is 233 g/mol. The van der Waals surface area contributed by atoms with Crippen molar-refractivity contribution in [1.29, 1.82) is 0 Å². The fourth-order valence-corrected chi connectivity index (χ4v) is 2.14. The predicted molar refractivity (Wildman–Crippen MR) is 70.0 cm³/mol. The first-order valence-electron chi connectivity index (χ1n) is 6.20. The average Bonchev–Trinajstić information content (AvgIpc) is 3.10. The quantitative estimate of drug-likeness (QED) is 0.785. The summed E-state index contributed by atoms with van der Waals surface area (Å²) in [5.74, 6) is -1.01. The molecule has 0 radical (unpaired) electrons. The standard InChI is InChI=1S/C13H18FN3O/c1-2-5-17(8-3-4-8)12-6-9(13(16)18)11(15)7-10(12)14/h6-8H,2-5,15H2,1H3,(H2,16,18). The van der Waals surface area contributed by atoms with E-state index in [9.17, 15) is 9.18 Å². The van der Waals surface area contributed by atoms with Crippen LogP contribution in [0.1, 0.15) is 36.5 Å². The molecule has 1 aliphatic rings. The van der Waals surface area contributed by atoms with Gasteiger partial charge in [-0.3, -0.25) is 4.79 Å². The number of primary amides is 1. The van der Waals surface area contributed by atoms with Crippen LogP contribution in [0.2, 0.25) is 0 Å². The lowest BCUT2D eigenvalue weighted by Gasteiger charge is -2.25. The smallest absolute Gasteiger partial charge is 0.250 e. The van der Waals surface area contributed by atoms with Crippen molar-refractivity contribution in [2.75, 3.05) is 17.2 Å². The van der Waals surface area contributed by atoms with Gasteiger partial charge >= 0.3 is 0 Å². The van der Waals surface area contributed by atoms with Crippen molar-refractivity contribution in [3.05, 3.63) is 23.5 Å². The number of nitrogens with zero attached hydrogens (tertiary/aromatic N) is 1. The Morgan fingerprint density at radius 2 is 2.17 bits per heavy atom. The van der Waals surface area contributed by atoms with Gasteiger partial charge in [-0.05, 0) is 31.4 Å². The van der Waals surface area contributed by atoms with E-state index in [2.05, 4.69) is 0 Å². The highest BCUT2D eigenvalue weighted by atomic mass is 19.1. The molecular formula is C13H18FN3O. The Balaban J connectivity index is 2.41. The number of benzene rings is 1. The third kappa shape index (κ3) is 2.39. The van der Waals surface area contributed by atoms with Gasteiger partial charge in [-0.1, -0.05) is 6.92 Å². The number of nitrogens with two attached hydrogens (primary N) is 2. The number of hydrogen-bond donors (Lipinski definition) is 2. The molecule has 4 N–H and O–H groups in total. The fraction of sp³-hybridized carbons (Fsp3) is 0.462. The van der Waals surface area contributed by atoms with Gasteiger partial charge in [-0.15, -0.1) is 0 Å². The molecule has 2 rings (SSSR count). The van der Waals surface area contributed by atoms with Gasteiger partial charge < -0.3 is 16.4 Å². The maximum absolute atomic E-state index is 14.0. The van der Waals surface area contributed by atoms with E-state index in [-0.39, 0.29) is 11.3 Å². The number of carbonyl (C=O) groups excluding carboxylic acids is 1. The molecule has 1 aromatic rings. The highest BCUT2D eigenvalue weighted by molar-refractivity contribution is 5.99. The summed E-state index contributed by atoms with van der Waals surface area (Å²) in [6.45, 7) is 2.81. The Bertz CT molecular complexity index is 472. The van der Waals surface area contributed by atoms with Gasteiger partial charge in [0.05, 0.1) is 11.3 Å². The van der Waals surface area contributed by atoms with Crippen LogP contribution in [0.4, 0.5) is 15.8 Å². The lowest BCUT2D eigenvalue weighted by molar-refractivity contribution is 0.100. The third-order valence-electron chi connectivity index (χ3n) is 3.15. The van der Waals surface area contributed by atoms with Gasteiger partial charge in [0.1, 0.15) is 5.82 Å². The van der Waals surface area contributed by atoms with Gasteiger partial charge in [0.15, 0.2) is 0 Å². The first-order chi connectivity index (χ1) is 8.54.